The lowest BCUT2D eigenvalue weighted by molar-refractivity contribution is -0.128. The molecular weight excluding hydrogens is 437 g/mol. The molecule has 0 radical (unpaired) electrons. The zero-order valence-corrected chi connectivity index (χ0v) is 19.1. The number of amides is 1. The Kier molecular flexibility index (Phi) is 6.00. The summed E-state index contributed by atoms with van der Waals surface area (Å²) in [7, 11) is 0. The molecular formula is C25H24FN5OS. The van der Waals surface area contributed by atoms with Gasteiger partial charge in [-0.1, -0.05) is 41.6 Å². The van der Waals surface area contributed by atoms with Crippen LogP contribution in [0.1, 0.15) is 5.56 Å². The van der Waals surface area contributed by atoms with Crippen molar-refractivity contribution in [1.29, 1.82) is 0 Å². The Morgan fingerprint density at radius 3 is 2.48 bits per heavy atom. The highest BCUT2D eigenvalue weighted by atomic mass is 32.2. The number of carbonyl (C=O) groups is 1. The topological polar surface area (TPSA) is 53.7 Å². The van der Waals surface area contributed by atoms with Crippen LogP contribution in [-0.4, -0.2) is 57.3 Å². The molecule has 0 unspecified atom stereocenters. The molecule has 0 aliphatic carbocycles. The number of hydrogen-bond acceptors (Lipinski definition) is 5. The van der Waals surface area contributed by atoms with Gasteiger partial charge >= 0.3 is 0 Å². The first-order chi connectivity index (χ1) is 16.1. The van der Waals surface area contributed by atoms with Crippen LogP contribution in [0.15, 0.2) is 72.0 Å². The molecule has 4 aromatic rings. The maximum Gasteiger partial charge on any atom is 0.233 e. The van der Waals surface area contributed by atoms with Gasteiger partial charge in [0.05, 0.1) is 17.0 Å². The second kappa shape index (κ2) is 9.23. The van der Waals surface area contributed by atoms with Crippen LogP contribution in [-0.2, 0) is 4.79 Å². The minimum atomic E-state index is -0.239. The summed E-state index contributed by atoms with van der Waals surface area (Å²) >= 11 is 1.44. The molecule has 0 atom stereocenters. The van der Waals surface area contributed by atoms with Gasteiger partial charge in [-0.05, 0) is 37.3 Å². The number of aryl methyl sites for hydroxylation is 1. The second-order valence-corrected chi connectivity index (χ2v) is 9.05. The highest BCUT2D eigenvalue weighted by molar-refractivity contribution is 8.00. The van der Waals surface area contributed by atoms with E-state index in [1.54, 1.807) is 18.3 Å². The van der Waals surface area contributed by atoms with Crippen LogP contribution < -0.4 is 4.90 Å². The Balaban J connectivity index is 1.22. The molecule has 6 nitrogen and oxygen atoms in total. The second-order valence-electron chi connectivity index (χ2n) is 8.09. The van der Waals surface area contributed by atoms with E-state index in [0.717, 1.165) is 40.6 Å². The first-order valence-electron chi connectivity index (χ1n) is 10.9. The molecule has 1 amide bonds. The molecule has 0 N–H and O–H groups in total. The fourth-order valence-electron chi connectivity index (χ4n) is 3.96. The maximum absolute atomic E-state index is 13.2. The average Bonchev–Trinajstić information content (AvgIpc) is 3.28. The van der Waals surface area contributed by atoms with E-state index in [2.05, 4.69) is 46.2 Å². The van der Waals surface area contributed by atoms with Crippen molar-refractivity contribution in [1.82, 2.24) is 19.5 Å². The van der Waals surface area contributed by atoms with Crippen molar-refractivity contribution in [2.24, 2.45) is 0 Å². The number of fused-ring (bicyclic) bond motifs is 1. The summed E-state index contributed by atoms with van der Waals surface area (Å²) in [6.45, 7) is 4.83. The molecule has 3 heterocycles. The minimum absolute atomic E-state index is 0.0980. The number of nitrogens with zero attached hydrogens (tertiary/aromatic N) is 5. The first kappa shape index (κ1) is 21.5. The van der Waals surface area contributed by atoms with Crippen molar-refractivity contribution < 1.29 is 9.18 Å². The van der Waals surface area contributed by atoms with Crippen LogP contribution in [0.2, 0.25) is 0 Å². The third kappa shape index (κ3) is 4.71. The first-order valence-corrected chi connectivity index (χ1v) is 11.9. The molecule has 2 aromatic carbocycles. The van der Waals surface area contributed by atoms with Gasteiger partial charge in [-0.15, -0.1) is 0 Å². The molecule has 5 rings (SSSR count). The van der Waals surface area contributed by atoms with Crippen LogP contribution in [0.4, 0.5) is 10.1 Å². The number of carbonyl (C=O) groups excluding carboxylic acids is 1. The van der Waals surface area contributed by atoms with Gasteiger partial charge < -0.3 is 9.80 Å². The summed E-state index contributed by atoms with van der Waals surface area (Å²) in [6, 6.07) is 16.8. The third-order valence-corrected chi connectivity index (χ3v) is 6.84. The quantitative estimate of drug-likeness (QED) is 0.415. The Hall–Kier alpha value is -3.39. The SMILES string of the molecule is Cc1ccc(-c2cc3c(SCC(=O)N4CCN(c5ccc(F)cc5)CC4)nccn3n2)cc1. The number of thioether (sulfide) groups is 1. The van der Waals surface area contributed by atoms with Crippen molar-refractivity contribution in [3.8, 4) is 11.3 Å². The van der Waals surface area contributed by atoms with Crippen molar-refractivity contribution in [2.45, 2.75) is 11.9 Å². The minimum Gasteiger partial charge on any atom is -0.368 e. The van der Waals surface area contributed by atoms with E-state index in [1.165, 1.54) is 29.5 Å². The van der Waals surface area contributed by atoms with Crippen LogP contribution >= 0.6 is 11.8 Å². The largest absolute Gasteiger partial charge is 0.368 e. The van der Waals surface area contributed by atoms with E-state index in [0.29, 0.717) is 18.8 Å². The molecule has 168 valence electrons. The van der Waals surface area contributed by atoms with E-state index in [1.807, 2.05) is 21.7 Å². The van der Waals surface area contributed by atoms with E-state index in [-0.39, 0.29) is 11.7 Å². The number of anilines is 1. The maximum atomic E-state index is 13.2. The Morgan fingerprint density at radius 1 is 1.03 bits per heavy atom. The monoisotopic (exact) mass is 461 g/mol. The van der Waals surface area contributed by atoms with Gasteiger partial charge in [-0.25, -0.2) is 13.9 Å². The lowest BCUT2D eigenvalue weighted by Gasteiger charge is -2.36. The number of benzene rings is 2. The van der Waals surface area contributed by atoms with Gasteiger partial charge in [0, 0.05) is 49.8 Å². The zero-order chi connectivity index (χ0) is 22.8. The van der Waals surface area contributed by atoms with Crippen molar-refractivity contribution in [3.63, 3.8) is 0 Å². The number of hydrogen-bond donors (Lipinski definition) is 0. The molecule has 33 heavy (non-hydrogen) atoms. The molecule has 1 fully saturated rings. The van der Waals surface area contributed by atoms with Crippen molar-refractivity contribution >= 4 is 28.9 Å². The molecule has 8 heteroatoms. The van der Waals surface area contributed by atoms with Gasteiger partial charge in [0.1, 0.15) is 10.8 Å². The average molecular weight is 462 g/mol. The highest BCUT2D eigenvalue weighted by Gasteiger charge is 2.22. The molecule has 1 aliphatic rings. The summed E-state index contributed by atoms with van der Waals surface area (Å²) in [6.07, 6.45) is 3.54. The third-order valence-electron chi connectivity index (χ3n) is 5.86. The fourth-order valence-corrected chi connectivity index (χ4v) is 4.84. The standard InChI is InChI=1S/C25H24FN5OS/c1-18-2-4-19(5-3-18)22-16-23-25(27-10-11-31(23)28-22)33-17-24(32)30-14-12-29(13-15-30)21-8-6-20(26)7-9-21/h2-11,16H,12-15,17H2,1H3. The Bertz CT molecular complexity index is 1260. The summed E-state index contributed by atoms with van der Waals surface area (Å²) < 4.78 is 15.0. The number of halogens is 1. The zero-order valence-electron chi connectivity index (χ0n) is 18.3. The van der Waals surface area contributed by atoms with E-state index >= 15 is 0 Å². The number of rotatable bonds is 5. The van der Waals surface area contributed by atoms with E-state index < -0.39 is 0 Å². The molecule has 1 aliphatic heterocycles. The van der Waals surface area contributed by atoms with Crippen LogP contribution in [0.5, 0.6) is 0 Å². The van der Waals surface area contributed by atoms with E-state index in [4.69, 9.17) is 0 Å². The summed E-state index contributed by atoms with van der Waals surface area (Å²) in [5.41, 5.74) is 5.02. The van der Waals surface area contributed by atoms with Crippen molar-refractivity contribution in [2.75, 3.05) is 36.8 Å². The summed E-state index contributed by atoms with van der Waals surface area (Å²) in [5, 5.41) is 5.46. The lowest BCUT2D eigenvalue weighted by atomic mass is 10.1. The predicted molar refractivity (Wildman–Crippen MR) is 129 cm³/mol. The predicted octanol–water partition coefficient (Wildman–Crippen LogP) is 4.28. The van der Waals surface area contributed by atoms with Gasteiger partial charge in [0.2, 0.25) is 5.91 Å². The van der Waals surface area contributed by atoms with Crippen LogP contribution in [0.3, 0.4) is 0 Å². The normalized spacial score (nSPS) is 14.1. The summed E-state index contributed by atoms with van der Waals surface area (Å²) in [5.74, 6) is 0.187. The lowest BCUT2D eigenvalue weighted by Crippen LogP contribution is -2.49. The van der Waals surface area contributed by atoms with Gasteiger partial charge in [-0.3, -0.25) is 4.79 Å². The number of aromatic nitrogens is 3. The highest BCUT2D eigenvalue weighted by Crippen LogP contribution is 2.26. The molecule has 0 bridgehead atoms. The van der Waals surface area contributed by atoms with Gasteiger partial charge in [0.15, 0.2) is 0 Å². The van der Waals surface area contributed by atoms with Crippen molar-refractivity contribution in [3.05, 3.63) is 78.4 Å². The van der Waals surface area contributed by atoms with Gasteiger partial charge in [0.25, 0.3) is 0 Å². The van der Waals surface area contributed by atoms with Crippen LogP contribution in [0, 0.1) is 12.7 Å². The Labute approximate surface area is 196 Å². The molecule has 0 saturated carbocycles. The molecule has 2 aromatic heterocycles. The van der Waals surface area contributed by atoms with Crippen LogP contribution in [0.25, 0.3) is 16.8 Å². The van der Waals surface area contributed by atoms with Gasteiger partial charge in [-0.2, -0.15) is 5.10 Å². The smallest absolute Gasteiger partial charge is 0.233 e. The molecule has 0 spiro atoms. The van der Waals surface area contributed by atoms with E-state index in [9.17, 15) is 9.18 Å². The number of piperazine rings is 1. The molecule has 1 saturated heterocycles. The summed E-state index contributed by atoms with van der Waals surface area (Å²) in [4.78, 5) is 21.4. The Morgan fingerprint density at radius 2 is 1.76 bits per heavy atom. The fraction of sp³-hybridized carbons (Fsp3) is 0.240.